The van der Waals surface area contributed by atoms with Crippen LogP contribution < -0.4 is 16.0 Å². The van der Waals surface area contributed by atoms with Crippen LogP contribution in [-0.2, 0) is 6.54 Å². The zero-order chi connectivity index (χ0) is 16.2. The molecule has 1 heterocycles. The molecule has 0 saturated carbocycles. The Morgan fingerprint density at radius 3 is 2.61 bits per heavy atom. The van der Waals surface area contributed by atoms with Gasteiger partial charge in [-0.25, -0.2) is 0 Å². The van der Waals surface area contributed by atoms with Gasteiger partial charge in [-0.15, -0.1) is 0 Å². The average molecular weight is 309 g/mol. The number of hydrogen-bond donors (Lipinski definition) is 3. The third-order valence-electron chi connectivity index (χ3n) is 3.70. The molecule has 0 spiro atoms. The molecule has 0 aliphatic carbocycles. The largest absolute Gasteiger partial charge is 0.490 e. The maximum atomic E-state index is 10.2. The molecule has 2 aromatic carbocycles. The van der Waals surface area contributed by atoms with Crippen molar-refractivity contribution in [3.8, 4) is 5.75 Å². The normalized spacial score (nSPS) is 12.2. The number of nitrogen functional groups attached to an aromatic ring is 1. The van der Waals surface area contributed by atoms with Crippen molar-refractivity contribution in [1.29, 1.82) is 5.41 Å². The van der Waals surface area contributed by atoms with Gasteiger partial charge in [0.05, 0.1) is 6.54 Å². The second kappa shape index (κ2) is 6.54. The molecule has 118 valence electrons. The summed E-state index contributed by atoms with van der Waals surface area (Å²) in [5.41, 5.74) is 6.10. The molecule has 0 aliphatic rings. The Bertz CT molecular complexity index is 868. The molecule has 3 rings (SSSR count). The lowest BCUT2D eigenvalue weighted by molar-refractivity contribution is 0.0925. The topological polar surface area (TPSA) is 84.3 Å². The minimum Gasteiger partial charge on any atom is -0.490 e. The van der Waals surface area contributed by atoms with Crippen LogP contribution in [0.4, 0.5) is 5.82 Å². The van der Waals surface area contributed by atoms with Crippen molar-refractivity contribution in [2.45, 2.75) is 12.6 Å². The SMILES string of the molecule is N=c1cccc(N)n1CC(O)COc1cccc2ccccc12. The van der Waals surface area contributed by atoms with Gasteiger partial charge in [0.1, 0.15) is 29.8 Å². The fourth-order valence-corrected chi connectivity index (χ4v) is 2.53. The molecule has 3 aromatic rings. The summed E-state index contributed by atoms with van der Waals surface area (Å²) in [7, 11) is 0. The fourth-order valence-electron chi connectivity index (χ4n) is 2.53. The van der Waals surface area contributed by atoms with Crippen molar-refractivity contribution in [3.05, 3.63) is 66.2 Å². The number of pyridine rings is 1. The van der Waals surface area contributed by atoms with Crippen LogP contribution in [-0.4, -0.2) is 22.4 Å². The Morgan fingerprint density at radius 2 is 1.78 bits per heavy atom. The van der Waals surface area contributed by atoms with Crippen LogP contribution in [0.15, 0.2) is 60.7 Å². The van der Waals surface area contributed by atoms with E-state index in [1.54, 1.807) is 22.8 Å². The number of rotatable bonds is 5. The molecule has 1 atom stereocenters. The molecule has 5 heteroatoms. The second-order valence-electron chi connectivity index (χ2n) is 5.39. The molecule has 1 aromatic heterocycles. The highest BCUT2D eigenvalue weighted by Crippen LogP contribution is 2.25. The van der Waals surface area contributed by atoms with E-state index in [0.717, 1.165) is 16.5 Å². The van der Waals surface area contributed by atoms with Gasteiger partial charge in [0.25, 0.3) is 0 Å². The standard InChI is InChI=1S/C18H19N3O2/c19-17-9-4-10-18(20)21(17)11-14(22)12-23-16-8-3-6-13-5-1-2-7-15(13)16/h1-10,14,19,22H,11-12,20H2. The summed E-state index contributed by atoms with van der Waals surface area (Å²) in [6.45, 7) is 0.352. The van der Waals surface area contributed by atoms with Crippen molar-refractivity contribution in [2.24, 2.45) is 0 Å². The molecule has 0 fully saturated rings. The summed E-state index contributed by atoms with van der Waals surface area (Å²) in [5.74, 6) is 1.18. The van der Waals surface area contributed by atoms with Crippen LogP contribution in [0.3, 0.4) is 0 Å². The Labute approximate surface area is 134 Å². The zero-order valence-electron chi connectivity index (χ0n) is 12.6. The Morgan fingerprint density at radius 1 is 1.04 bits per heavy atom. The van der Waals surface area contributed by atoms with Crippen LogP contribution >= 0.6 is 0 Å². The van der Waals surface area contributed by atoms with E-state index in [1.807, 2.05) is 42.5 Å². The summed E-state index contributed by atoms with van der Waals surface area (Å²) < 4.78 is 7.32. The number of aromatic nitrogens is 1. The zero-order valence-corrected chi connectivity index (χ0v) is 12.6. The van der Waals surface area contributed by atoms with Gasteiger partial charge in [-0.2, -0.15) is 0 Å². The minimum atomic E-state index is -0.757. The smallest absolute Gasteiger partial charge is 0.127 e. The lowest BCUT2D eigenvalue weighted by Crippen LogP contribution is -2.31. The summed E-state index contributed by atoms with van der Waals surface area (Å²) in [4.78, 5) is 0. The Balaban J connectivity index is 1.71. The number of nitrogens with one attached hydrogen (secondary N) is 1. The van der Waals surface area contributed by atoms with Gasteiger partial charge < -0.3 is 20.1 Å². The first-order chi connectivity index (χ1) is 11.1. The van der Waals surface area contributed by atoms with Gasteiger partial charge in [-0.05, 0) is 23.6 Å². The maximum absolute atomic E-state index is 10.2. The van der Waals surface area contributed by atoms with E-state index in [9.17, 15) is 5.11 Å². The average Bonchev–Trinajstić information content (AvgIpc) is 2.56. The van der Waals surface area contributed by atoms with Crippen LogP contribution in [0.5, 0.6) is 5.75 Å². The molecule has 1 unspecified atom stereocenters. The number of benzene rings is 2. The van der Waals surface area contributed by atoms with Gasteiger partial charge in [-0.1, -0.05) is 42.5 Å². The van der Waals surface area contributed by atoms with Gasteiger partial charge in [-0.3, -0.25) is 5.41 Å². The van der Waals surface area contributed by atoms with Gasteiger partial charge in [0.15, 0.2) is 0 Å². The lowest BCUT2D eigenvalue weighted by Gasteiger charge is -2.17. The highest BCUT2D eigenvalue weighted by Gasteiger charge is 2.10. The Kier molecular flexibility index (Phi) is 4.30. The first kappa shape index (κ1) is 15.1. The first-order valence-electron chi connectivity index (χ1n) is 7.43. The molecule has 0 radical (unpaired) electrons. The number of nitrogens with zero attached hydrogens (tertiary/aromatic N) is 1. The third-order valence-corrected chi connectivity index (χ3v) is 3.70. The van der Waals surface area contributed by atoms with Gasteiger partial charge in [0, 0.05) is 5.39 Å². The van der Waals surface area contributed by atoms with E-state index in [1.165, 1.54) is 0 Å². The molecule has 0 bridgehead atoms. The third kappa shape index (κ3) is 3.35. The molecule has 0 aliphatic heterocycles. The maximum Gasteiger partial charge on any atom is 0.127 e. The molecule has 5 nitrogen and oxygen atoms in total. The summed E-state index contributed by atoms with van der Waals surface area (Å²) in [5, 5.41) is 20.1. The molecule has 23 heavy (non-hydrogen) atoms. The summed E-state index contributed by atoms with van der Waals surface area (Å²) in [6, 6.07) is 18.8. The van der Waals surface area contributed by atoms with E-state index < -0.39 is 6.10 Å². The number of aliphatic hydroxyl groups excluding tert-OH is 1. The van der Waals surface area contributed by atoms with Gasteiger partial charge in [0.2, 0.25) is 0 Å². The lowest BCUT2D eigenvalue weighted by atomic mass is 10.1. The van der Waals surface area contributed by atoms with E-state index in [0.29, 0.717) is 5.82 Å². The summed E-state index contributed by atoms with van der Waals surface area (Å²) >= 11 is 0. The molecular weight excluding hydrogens is 290 g/mol. The predicted octanol–water partition coefficient (Wildman–Crippen LogP) is 2.14. The fraction of sp³-hybridized carbons (Fsp3) is 0.167. The van der Waals surface area contributed by atoms with E-state index >= 15 is 0 Å². The van der Waals surface area contributed by atoms with Crippen molar-refractivity contribution in [1.82, 2.24) is 4.57 Å². The first-order valence-corrected chi connectivity index (χ1v) is 7.43. The number of nitrogens with two attached hydrogens (primary N) is 1. The molecule has 0 amide bonds. The second-order valence-corrected chi connectivity index (χ2v) is 5.39. The van der Waals surface area contributed by atoms with Crippen LogP contribution in [0.2, 0.25) is 0 Å². The monoisotopic (exact) mass is 309 g/mol. The van der Waals surface area contributed by atoms with Crippen LogP contribution in [0.1, 0.15) is 0 Å². The summed E-state index contributed by atoms with van der Waals surface area (Å²) in [6.07, 6.45) is -0.757. The highest BCUT2D eigenvalue weighted by atomic mass is 16.5. The van der Waals surface area contributed by atoms with Crippen LogP contribution in [0.25, 0.3) is 10.8 Å². The Hall–Kier alpha value is -2.79. The highest BCUT2D eigenvalue weighted by molar-refractivity contribution is 5.88. The quantitative estimate of drug-likeness (QED) is 0.675. The van der Waals surface area contributed by atoms with E-state index in [-0.39, 0.29) is 18.6 Å². The number of hydrogen-bond acceptors (Lipinski definition) is 4. The van der Waals surface area contributed by atoms with E-state index in [4.69, 9.17) is 15.9 Å². The van der Waals surface area contributed by atoms with Crippen molar-refractivity contribution in [2.75, 3.05) is 12.3 Å². The minimum absolute atomic E-state index is 0.134. The molecule has 4 N–H and O–H groups in total. The van der Waals surface area contributed by atoms with Crippen molar-refractivity contribution in [3.63, 3.8) is 0 Å². The number of aliphatic hydroxyl groups is 1. The van der Waals surface area contributed by atoms with Crippen molar-refractivity contribution >= 4 is 16.6 Å². The predicted molar refractivity (Wildman–Crippen MR) is 90.1 cm³/mol. The molecule has 0 saturated heterocycles. The number of anilines is 1. The van der Waals surface area contributed by atoms with Crippen LogP contribution in [0, 0.1) is 5.41 Å². The van der Waals surface area contributed by atoms with Gasteiger partial charge >= 0.3 is 0 Å². The number of fused-ring (bicyclic) bond motifs is 1. The number of ether oxygens (including phenoxy) is 1. The van der Waals surface area contributed by atoms with Crippen molar-refractivity contribution < 1.29 is 9.84 Å². The molecular formula is C18H19N3O2. The van der Waals surface area contributed by atoms with E-state index in [2.05, 4.69) is 0 Å².